The molecule has 0 saturated heterocycles. The van der Waals surface area contributed by atoms with Crippen molar-refractivity contribution in [2.24, 2.45) is 5.92 Å². The van der Waals surface area contributed by atoms with Crippen molar-refractivity contribution in [2.75, 3.05) is 7.11 Å². The smallest absolute Gasteiger partial charge is 0.308 e. The number of benzene rings is 1. The molecule has 0 bridgehead atoms. The van der Waals surface area contributed by atoms with Crippen LogP contribution in [0.15, 0.2) is 18.2 Å². The van der Waals surface area contributed by atoms with Crippen LogP contribution in [-0.4, -0.2) is 18.2 Å². The molecule has 0 aliphatic heterocycles. The summed E-state index contributed by atoms with van der Waals surface area (Å²) in [7, 11) is 1.36. The van der Waals surface area contributed by atoms with E-state index in [0.717, 1.165) is 5.56 Å². The van der Waals surface area contributed by atoms with E-state index in [1.54, 1.807) is 19.1 Å². The van der Waals surface area contributed by atoms with Crippen molar-refractivity contribution in [3.63, 3.8) is 0 Å². The highest BCUT2D eigenvalue weighted by Crippen LogP contribution is 2.24. The van der Waals surface area contributed by atoms with Gasteiger partial charge in [0.2, 0.25) is 0 Å². The summed E-state index contributed by atoms with van der Waals surface area (Å²) >= 11 is 5.74. The van der Waals surface area contributed by atoms with Gasteiger partial charge in [0.15, 0.2) is 0 Å². The Morgan fingerprint density at radius 3 is 2.80 bits per heavy atom. The number of esters is 1. The molecule has 0 fully saturated rings. The number of carbonyl (C=O) groups is 1. The fourth-order valence-electron chi connectivity index (χ4n) is 1.32. The highest BCUT2D eigenvalue weighted by atomic mass is 35.5. The van der Waals surface area contributed by atoms with Crippen molar-refractivity contribution < 1.29 is 14.6 Å². The van der Waals surface area contributed by atoms with Crippen molar-refractivity contribution in [3.05, 3.63) is 28.8 Å². The topological polar surface area (TPSA) is 46.5 Å². The third kappa shape index (κ3) is 3.13. The Labute approximate surface area is 93.6 Å². The van der Waals surface area contributed by atoms with Gasteiger partial charge in [0.05, 0.1) is 18.1 Å². The number of ether oxygens (including phenoxy) is 1. The maximum atomic E-state index is 11.2. The minimum absolute atomic E-state index is 0.0473. The van der Waals surface area contributed by atoms with Crippen LogP contribution in [0.1, 0.15) is 12.5 Å². The van der Waals surface area contributed by atoms with Gasteiger partial charge < -0.3 is 9.84 Å². The van der Waals surface area contributed by atoms with Gasteiger partial charge in [-0.05, 0) is 24.1 Å². The van der Waals surface area contributed by atoms with E-state index < -0.39 is 0 Å². The third-order valence-electron chi connectivity index (χ3n) is 2.16. The van der Waals surface area contributed by atoms with Gasteiger partial charge in [-0.25, -0.2) is 0 Å². The van der Waals surface area contributed by atoms with Crippen LogP contribution in [-0.2, 0) is 16.0 Å². The van der Waals surface area contributed by atoms with Crippen molar-refractivity contribution in [3.8, 4) is 5.75 Å². The lowest BCUT2D eigenvalue weighted by Gasteiger charge is -2.09. The van der Waals surface area contributed by atoms with Crippen molar-refractivity contribution in [1.82, 2.24) is 0 Å². The molecule has 1 aromatic rings. The summed E-state index contributed by atoms with van der Waals surface area (Å²) in [6.45, 7) is 1.78. The van der Waals surface area contributed by atoms with Crippen LogP contribution < -0.4 is 0 Å². The summed E-state index contributed by atoms with van der Waals surface area (Å²) in [5, 5.41) is 9.51. The first-order valence-corrected chi connectivity index (χ1v) is 4.97. The molecule has 1 N–H and O–H groups in total. The Bertz CT molecular complexity index is 363. The summed E-state index contributed by atoms with van der Waals surface area (Å²) in [5.74, 6) is -0.416. The van der Waals surface area contributed by atoms with Gasteiger partial charge in [0, 0.05) is 0 Å². The fraction of sp³-hybridized carbons (Fsp3) is 0.364. The van der Waals surface area contributed by atoms with Crippen LogP contribution in [0.2, 0.25) is 5.02 Å². The Morgan fingerprint density at radius 2 is 2.27 bits per heavy atom. The van der Waals surface area contributed by atoms with E-state index in [1.807, 2.05) is 0 Å². The monoisotopic (exact) mass is 228 g/mol. The number of phenols is 1. The molecule has 0 aromatic heterocycles. The van der Waals surface area contributed by atoms with Gasteiger partial charge in [0.25, 0.3) is 0 Å². The summed E-state index contributed by atoms with van der Waals surface area (Å²) in [5.41, 5.74) is 0.899. The molecule has 0 radical (unpaired) electrons. The zero-order chi connectivity index (χ0) is 11.4. The Morgan fingerprint density at radius 1 is 1.60 bits per heavy atom. The van der Waals surface area contributed by atoms with Crippen LogP contribution in [0.25, 0.3) is 0 Å². The summed E-state index contributed by atoms with van der Waals surface area (Å²) in [6.07, 6.45) is 0.548. The average molecular weight is 229 g/mol. The molecular formula is C11H13ClO3. The van der Waals surface area contributed by atoms with Crippen LogP contribution in [0.4, 0.5) is 0 Å². The molecule has 1 aromatic carbocycles. The largest absolute Gasteiger partial charge is 0.506 e. The first-order chi connectivity index (χ1) is 7.04. The Balaban J connectivity index is 2.73. The van der Waals surface area contributed by atoms with Crippen molar-refractivity contribution in [1.29, 1.82) is 0 Å². The van der Waals surface area contributed by atoms with E-state index in [0.29, 0.717) is 11.4 Å². The second-order valence-electron chi connectivity index (χ2n) is 3.41. The number of carbonyl (C=O) groups excluding carboxylic acids is 1. The average Bonchev–Trinajstić information content (AvgIpc) is 2.22. The number of aromatic hydroxyl groups is 1. The molecular weight excluding hydrogens is 216 g/mol. The minimum atomic E-state index is -0.251. The minimum Gasteiger partial charge on any atom is -0.506 e. The molecule has 0 heterocycles. The van der Waals surface area contributed by atoms with Crippen molar-refractivity contribution >= 4 is 17.6 Å². The van der Waals surface area contributed by atoms with Gasteiger partial charge in [-0.3, -0.25) is 4.79 Å². The first kappa shape index (κ1) is 11.9. The molecule has 0 spiro atoms. The summed E-state index contributed by atoms with van der Waals surface area (Å²) in [4.78, 5) is 11.2. The summed E-state index contributed by atoms with van der Waals surface area (Å²) < 4.78 is 4.62. The van der Waals surface area contributed by atoms with E-state index in [-0.39, 0.29) is 17.6 Å². The molecule has 0 amide bonds. The van der Waals surface area contributed by atoms with Crippen LogP contribution in [0.5, 0.6) is 5.75 Å². The molecule has 4 heteroatoms. The number of methoxy groups -OCH3 is 1. The van der Waals surface area contributed by atoms with E-state index >= 15 is 0 Å². The molecule has 0 aliphatic rings. The normalized spacial score (nSPS) is 12.2. The Hall–Kier alpha value is -1.22. The predicted octanol–water partition coefficient (Wildman–Crippen LogP) is 2.40. The molecule has 1 atom stereocenters. The predicted molar refractivity (Wildman–Crippen MR) is 58.0 cm³/mol. The maximum Gasteiger partial charge on any atom is 0.308 e. The highest BCUT2D eigenvalue weighted by Gasteiger charge is 2.14. The van der Waals surface area contributed by atoms with Gasteiger partial charge in [-0.1, -0.05) is 24.6 Å². The van der Waals surface area contributed by atoms with Gasteiger partial charge in [0.1, 0.15) is 5.75 Å². The second kappa shape index (κ2) is 5.03. The van der Waals surface area contributed by atoms with Crippen LogP contribution in [0.3, 0.4) is 0 Å². The lowest BCUT2D eigenvalue weighted by atomic mass is 10.0. The Kier molecular flexibility index (Phi) is 3.97. The molecule has 1 rings (SSSR count). The van der Waals surface area contributed by atoms with Crippen molar-refractivity contribution in [2.45, 2.75) is 13.3 Å². The van der Waals surface area contributed by atoms with E-state index in [1.165, 1.54) is 13.2 Å². The number of hydrogen-bond donors (Lipinski definition) is 1. The molecule has 15 heavy (non-hydrogen) atoms. The van der Waals surface area contributed by atoms with E-state index in [2.05, 4.69) is 4.74 Å². The number of halogens is 1. The fourth-order valence-corrected chi connectivity index (χ4v) is 1.52. The van der Waals surface area contributed by atoms with Gasteiger partial charge >= 0.3 is 5.97 Å². The maximum absolute atomic E-state index is 11.2. The highest BCUT2D eigenvalue weighted by molar-refractivity contribution is 6.32. The van der Waals surface area contributed by atoms with Gasteiger partial charge in [-0.15, -0.1) is 0 Å². The van der Waals surface area contributed by atoms with Crippen LogP contribution >= 0.6 is 11.6 Å². The molecule has 0 aliphatic carbocycles. The first-order valence-electron chi connectivity index (χ1n) is 4.59. The van der Waals surface area contributed by atoms with E-state index in [4.69, 9.17) is 11.6 Å². The number of hydrogen-bond acceptors (Lipinski definition) is 3. The molecule has 1 unspecified atom stereocenters. The quantitative estimate of drug-likeness (QED) is 0.809. The van der Waals surface area contributed by atoms with E-state index in [9.17, 15) is 9.90 Å². The van der Waals surface area contributed by atoms with Crippen LogP contribution in [0, 0.1) is 5.92 Å². The zero-order valence-electron chi connectivity index (χ0n) is 8.66. The SMILES string of the molecule is COC(=O)C(C)Cc1ccc(O)c(Cl)c1. The zero-order valence-corrected chi connectivity index (χ0v) is 9.41. The molecule has 0 saturated carbocycles. The number of phenolic OH excluding ortho intramolecular Hbond substituents is 1. The lowest BCUT2D eigenvalue weighted by Crippen LogP contribution is -2.14. The standard InChI is InChI=1S/C11H13ClO3/c1-7(11(14)15-2)5-8-3-4-10(13)9(12)6-8/h3-4,6-7,13H,5H2,1-2H3. The molecule has 3 nitrogen and oxygen atoms in total. The third-order valence-corrected chi connectivity index (χ3v) is 2.46. The molecule has 82 valence electrons. The lowest BCUT2D eigenvalue weighted by molar-refractivity contribution is -0.144. The second-order valence-corrected chi connectivity index (χ2v) is 3.82. The number of rotatable bonds is 3. The van der Waals surface area contributed by atoms with Gasteiger partial charge in [-0.2, -0.15) is 0 Å². The summed E-state index contributed by atoms with van der Waals surface area (Å²) in [6, 6.07) is 4.90.